The molecular weight excluding hydrogens is 345 g/mol. The number of hydrogen-bond donors (Lipinski definition) is 2. The summed E-state index contributed by atoms with van der Waals surface area (Å²) < 4.78 is 39.4. The van der Waals surface area contributed by atoms with Crippen molar-refractivity contribution in [1.29, 1.82) is 5.26 Å². The number of nitrogens with one attached hydrogen (secondary N) is 2. The van der Waals surface area contributed by atoms with E-state index in [0.717, 1.165) is 0 Å². The van der Waals surface area contributed by atoms with E-state index in [4.69, 9.17) is 5.26 Å². The van der Waals surface area contributed by atoms with Gasteiger partial charge >= 0.3 is 0 Å². The second-order valence-electron chi connectivity index (χ2n) is 5.24. The number of nitrogens with zero attached hydrogens (tertiary/aromatic N) is 1. The van der Waals surface area contributed by atoms with E-state index in [0.29, 0.717) is 11.3 Å². The van der Waals surface area contributed by atoms with Crippen LogP contribution in [0.4, 0.5) is 10.1 Å². The van der Waals surface area contributed by atoms with Crippen molar-refractivity contribution in [2.75, 3.05) is 11.9 Å². The number of anilines is 1. The van der Waals surface area contributed by atoms with Gasteiger partial charge in [0.25, 0.3) is 5.91 Å². The maximum absolute atomic E-state index is 13.1. The van der Waals surface area contributed by atoms with Gasteiger partial charge in [0.1, 0.15) is 5.82 Å². The molecule has 130 valence electrons. The number of carbonyl (C=O) groups is 1. The van der Waals surface area contributed by atoms with E-state index in [1.54, 1.807) is 6.92 Å². The van der Waals surface area contributed by atoms with Gasteiger partial charge in [-0.05, 0) is 55.0 Å². The van der Waals surface area contributed by atoms with Crippen LogP contribution in [0.2, 0.25) is 0 Å². The summed E-state index contributed by atoms with van der Waals surface area (Å²) in [5.74, 6) is -0.829. The van der Waals surface area contributed by atoms with Crippen LogP contribution in [-0.2, 0) is 10.0 Å². The van der Waals surface area contributed by atoms with Gasteiger partial charge in [0.2, 0.25) is 10.0 Å². The lowest BCUT2D eigenvalue weighted by atomic mass is 10.1. The highest BCUT2D eigenvalue weighted by atomic mass is 32.2. The zero-order chi connectivity index (χ0) is 18.4. The van der Waals surface area contributed by atoms with E-state index in [-0.39, 0.29) is 23.4 Å². The molecule has 0 spiro atoms. The predicted octanol–water partition coefficient (Wildman–Crippen LogP) is 2.58. The zero-order valence-corrected chi connectivity index (χ0v) is 14.2. The van der Waals surface area contributed by atoms with E-state index >= 15 is 0 Å². The van der Waals surface area contributed by atoms with Crippen LogP contribution in [0.1, 0.15) is 22.3 Å². The quantitative estimate of drug-likeness (QED) is 0.773. The van der Waals surface area contributed by atoms with Crippen molar-refractivity contribution in [3.63, 3.8) is 0 Å². The summed E-state index contributed by atoms with van der Waals surface area (Å²) in [6.07, 6.45) is 0.0662. The van der Waals surface area contributed by atoms with Crippen molar-refractivity contribution >= 4 is 21.6 Å². The average molecular weight is 361 g/mol. The summed E-state index contributed by atoms with van der Waals surface area (Å²) in [7, 11) is -3.72. The summed E-state index contributed by atoms with van der Waals surface area (Å²) in [5, 5.41) is 11.1. The van der Waals surface area contributed by atoms with Crippen LogP contribution in [0.25, 0.3) is 0 Å². The third-order valence-corrected chi connectivity index (χ3v) is 4.87. The largest absolute Gasteiger partial charge is 0.322 e. The molecule has 0 bridgehead atoms. The standard InChI is InChI=1S/C17H16FN3O3S/c1-12-11-14(18)5-8-16(12)21-17(22)13-3-6-15(7-4-13)25(23,24)20-10-2-9-19/h3-8,11,20H,2,10H2,1H3,(H,21,22). The van der Waals surface area contributed by atoms with Crippen LogP contribution < -0.4 is 10.0 Å². The lowest BCUT2D eigenvalue weighted by Gasteiger charge is -2.09. The van der Waals surface area contributed by atoms with Crippen LogP contribution in [0.3, 0.4) is 0 Å². The van der Waals surface area contributed by atoms with Crippen LogP contribution in [0, 0.1) is 24.1 Å². The molecule has 2 aromatic carbocycles. The Labute approximate surface area is 145 Å². The highest BCUT2D eigenvalue weighted by Crippen LogP contribution is 2.17. The first-order chi connectivity index (χ1) is 11.8. The smallest absolute Gasteiger partial charge is 0.255 e. The molecule has 0 unspecified atom stereocenters. The maximum atomic E-state index is 13.1. The second kappa shape index (κ2) is 7.88. The minimum Gasteiger partial charge on any atom is -0.322 e. The zero-order valence-electron chi connectivity index (χ0n) is 13.4. The number of carbonyl (C=O) groups excluding carboxylic acids is 1. The Morgan fingerprint density at radius 3 is 2.48 bits per heavy atom. The SMILES string of the molecule is Cc1cc(F)ccc1NC(=O)c1ccc(S(=O)(=O)NCCC#N)cc1. The van der Waals surface area contributed by atoms with Gasteiger partial charge in [0.15, 0.2) is 0 Å². The van der Waals surface area contributed by atoms with Gasteiger partial charge in [-0.25, -0.2) is 17.5 Å². The van der Waals surface area contributed by atoms with Gasteiger partial charge in [-0.15, -0.1) is 0 Å². The Morgan fingerprint density at radius 2 is 1.88 bits per heavy atom. The summed E-state index contributed by atoms with van der Waals surface area (Å²) in [6.45, 7) is 1.69. The molecule has 0 aliphatic rings. The molecule has 2 N–H and O–H groups in total. The van der Waals surface area contributed by atoms with Gasteiger partial charge < -0.3 is 5.32 Å². The number of hydrogen-bond acceptors (Lipinski definition) is 4. The molecule has 8 heteroatoms. The Kier molecular flexibility index (Phi) is 5.85. The fourth-order valence-corrected chi connectivity index (χ4v) is 3.10. The van der Waals surface area contributed by atoms with Gasteiger partial charge in [0, 0.05) is 24.2 Å². The van der Waals surface area contributed by atoms with Crippen molar-refractivity contribution in [2.24, 2.45) is 0 Å². The fraction of sp³-hybridized carbons (Fsp3) is 0.176. The predicted molar refractivity (Wildman–Crippen MR) is 91.0 cm³/mol. The van der Waals surface area contributed by atoms with Crippen molar-refractivity contribution in [2.45, 2.75) is 18.2 Å². The molecule has 2 aromatic rings. The molecule has 0 aromatic heterocycles. The van der Waals surface area contributed by atoms with Crippen LogP contribution in [0.5, 0.6) is 0 Å². The van der Waals surface area contributed by atoms with Crippen molar-refractivity contribution < 1.29 is 17.6 Å². The van der Waals surface area contributed by atoms with Gasteiger partial charge in [-0.3, -0.25) is 4.79 Å². The van der Waals surface area contributed by atoms with E-state index in [9.17, 15) is 17.6 Å². The van der Waals surface area contributed by atoms with E-state index < -0.39 is 21.7 Å². The van der Waals surface area contributed by atoms with Crippen LogP contribution >= 0.6 is 0 Å². The summed E-state index contributed by atoms with van der Waals surface area (Å²) in [4.78, 5) is 12.2. The van der Waals surface area contributed by atoms with Gasteiger partial charge in [-0.1, -0.05) is 0 Å². The van der Waals surface area contributed by atoms with E-state index in [2.05, 4.69) is 10.0 Å². The Balaban J connectivity index is 2.11. The molecule has 6 nitrogen and oxygen atoms in total. The average Bonchev–Trinajstić information content (AvgIpc) is 2.57. The minimum atomic E-state index is -3.72. The first-order valence-corrected chi connectivity index (χ1v) is 8.86. The first-order valence-electron chi connectivity index (χ1n) is 7.37. The molecule has 0 aliphatic heterocycles. The number of halogens is 1. The lowest BCUT2D eigenvalue weighted by Crippen LogP contribution is -2.24. The molecular formula is C17H16FN3O3S. The second-order valence-corrected chi connectivity index (χ2v) is 7.01. The summed E-state index contributed by atoms with van der Waals surface area (Å²) in [5.41, 5.74) is 1.32. The van der Waals surface area contributed by atoms with Crippen LogP contribution in [-0.4, -0.2) is 20.9 Å². The molecule has 0 radical (unpaired) electrons. The molecule has 2 rings (SSSR count). The molecule has 0 aliphatic carbocycles. The van der Waals surface area contributed by atoms with Crippen molar-refractivity contribution in [1.82, 2.24) is 4.72 Å². The Bertz CT molecular complexity index is 919. The van der Waals surface area contributed by atoms with E-state index in [1.807, 2.05) is 6.07 Å². The van der Waals surface area contributed by atoms with E-state index in [1.165, 1.54) is 42.5 Å². The minimum absolute atomic E-state index is 0.0000439. The highest BCUT2D eigenvalue weighted by molar-refractivity contribution is 7.89. The lowest BCUT2D eigenvalue weighted by molar-refractivity contribution is 0.102. The molecule has 0 saturated heterocycles. The van der Waals surface area contributed by atoms with Crippen molar-refractivity contribution in [3.05, 3.63) is 59.4 Å². The van der Waals surface area contributed by atoms with Gasteiger partial charge in [-0.2, -0.15) is 5.26 Å². The molecule has 0 saturated carbocycles. The topological polar surface area (TPSA) is 99.1 Å². The van der Waals surface area contributed by atoms with Gasteiger partial charge in [0.05, 0.1) is 11.0 Å². The third-order valence-electron chi connectivity index (χ3n) is 3.39. The molecule has 1 amide bonds. The number of nitriles is 1. The fourth-order valence-electron chi connectivity index (χ4n) is 2.07. The number of benzene rings is 2. The summed E-state index contributed by atoms with van der Waals surface area (Å²) >= 11 is 0. The maximum Gasteiger partial charge on any atom is 0.255 e. The van der Waals surface area contributed by atoms with Crippen molar-refractivity contribution in [3.8, 4) is 6.07 Å². The Morgan fingerprint density at radius 1 is 1.20 bits per heavy atom. The number of aryl methyl sites for hydroxylation is 1. The molecule has 25 heavy (non-hydrogen) atoms. The number of rotatable bonds is 6. The van der Waals surface area contributed by atoms with Crippen LogP contribution in [0.15, 0.2) is 47.4 Å². The Hall–Kier alpha value is -2.76. The monoisotopic (exact) mass is 361 g/mol. The highest BCUT2D eigenvalue weighted by Gasteiger charge is 2.15. The normalized spacial score (nSPS) is 10.9. The molecule has 0 heterocycles. The number of amides is 1. The number of sulfonamides is 1. The first kappa shape index (κ1) is 18.6. The molecule has 0 fully saturated rings. The molecule has 0 atom stereocenters. The third kappa shape index (κ3) is 4.86. The summed E-state index contributed by atoms with van der Waals surface area (Å²) in [6, 6.07) is 11.2.